The average Bonchev–Trinajstić information content (AvgIpc) is 3.22. The fourth-order valence-corrected chi connectivity index (χ4v) is 11.1. The maximum atomic E-state index is 14.8. The van der Waals surface area contributed by atoms with Crippen LogP contribution in [0.5, 0.6) is 0 Å². The molecule has 1 fully saturated rings. The Morgan fingerprint density at radius 2 is 1.29 bits per heavy atom. The zero-order valence-corrected chi connectivity index (χ0v) is 31.6. The van der Waals surface area contributed by atoms with Crippen LogP contribution >= 0.6 is 6.89 Å². The number of Topliss-reactive ketones (excluding diaryl/α,β-unsaturated/α-hetero) is 1. The van der Waals surface area contributed by atoms with Gasteiger partial charge in [0.15, 0.2) is 5.78 Å². The molecular weight excluding hydrogens is 719 g/mol. The van der Waals surface area contributed by atoms with Crippen molar-refractivity contribution in [3.05, 3.63) is 152 Å². The minimum absolute atomic E-state index is 0.0719. The van der Waals surface area contributed by atoms with Crippen molar-refractivity contribution < 1.29 is 42.9 Å². The molecule has 3 atom stereocenters. The van der Waals surface area contributed by atoms with E-state index in [0.29, 0.717) is 5.56 Å². The highest BCUT2D eigenvalue weighted by Gasteiger charge is 2.57. The quantitative estimate of drug-likeness (QED) is 0.0391. The smallest absolute Gasteiger partial charge is 0.457 e. The molecule has 1 N–H and O–H groups in total. The Labute approximate surface area is 320 Å². The Hall–Kier alpha value is -6.19. The Kier molecular flexibility index (Phi) is 13.6. The largest absolute Gasteiger partial charge is 0.508 e. The summed E-state index contributed by atoms with van der Waals surface area (Å²) in [7, 11) is 1.27. The average molecular weight is 763 g/mol. The number of ketones is 1. The number of esters is 1. The molecule has 5 rings (SSSR count). The van der Waals surface area contributed by atoms with Gasteiger partial charge in [0.2, 0.25) is 5.91 Å². The third kappa shape index (κ3) is 8.79. The van der Waals surface area contributed by atoms with Crippen LogP contribution < -0.4 is 21.2 Å². The lowest BCUT2D eigenvalue weighted by Crippen LogP contribution is -2.69. The van der Waals surface area contributed by atoms with E-state index in [0.717, 1.165) is 21.5 Å². The molecule has 0 unspecified atom stereocenters. The molecule has 0 saturated carbocycles. The van der Waals surface area contributed by atoms with Crippen molar-refractivity contribution in [2.24, 2.45) is 5.92 Å². The number of carbonyl (C=O) groups excluding carboxylic acids is 5. The highest BCUT2D eigenvalue weighted by Crippen LogP contribution is 2.50. The predicted octanol–water partition coefficient (Wildman–Crippen LogP) is 5.52. The number of hydrogen-bond acceptors (Lipinski definition) is 9. The van der Waals surface area contributed by atoms with Crippen LogP contribution in [0.3, 0.4) is 0 Å². The second kappa shape index (κ2) is 18.7. The van der Waals surface area contributed by atoms with E-state index in [2.05, 4.69) is 23.2 Å². The number of β-lactam (4-membered cyclic amide) rings is 1. The van der Waals surface area contributed by atoms with Crippen LogP contribution in [0.1, 0.15) is 29.3 Å². The highest BCUT2D eigenvalue weighted by atomic mass is 31.2. The second-order valence-corrected chi connectivity index (χ2v) is 15.8. The maximum absolute atomic E-state index is 14.8. The summed E-state index contributed by atoms with van der Waals surface area (Å²) in [4.78, 5) is 69.3. The molecular formula is C43H43N2O9P. The normalized spacial score (nSPS) is 15.4. The summed E-state index contributed by atoms with van der Waals surface area (Å²) in [5.74, 6) is -2.64. The summed E-state index contributed by atoms with van der Waals surface area (Å²) in [6, 6.07) is 34.1. The molecule has 55 heavy (non-hydrogen) atoms. The van der Waals surface area contributed by atoms with Gasteiger partial charge in [-0.05, 0) is 28.4 Å². The number of hydrogen-bond donors (Lipinski definition) is 1. The van der Waals surface area contributed by atoms with Crippen LogP contribution in [-0.4, -0.2) is 72.7 Å². The fraction of sp³-hybridized carbons (Fsp3) is 0.209. The summed E-state index contributed by atoms with van der Waals surface area (Å²) in [6.45, 7) is 5.49. The van der Waals surface area contributed by atoms with E-state index in [1.165, 1.54) is 24.2 Å². The topological polar surface area (TPSA) is 138 Å². The molecule has 1 aliphatic heterocycles. The van der Waals surface area contributed by atoms with Crippen molar-refractivity contribution in [2.75, 3.05) is 20.3 Å². The van der Waals surface area contributed by atoms with E-state index in [-0.39, 0.29) is 37.4 Å². The number of benzene rings is 4. The summed E-state index contributed by atoms with van der Waals surface area (Å²) in [5.41, 5.74) is 1.14. The van der Waals surface area contributed by atoms with E-state index < -0.39 is 49.1 Å². The van der Waals surface area contributed by atoms with E-state index in [1.54, 1.807) is 31.2 Å². The van der Waals surface area contributed by atoms with Gasteiger partial charge < -0.3 is 29.2 Å². The number of alkyl carbamates (subject to hydrolysis) is 1. The molecule has 0 spiro atoms. The van der Waals surface area contributed by atoms with Crippen molar-refractivity contribution in [1.82, 2.24) is 10.2 Å². The van der Waals surface area contributed by atoms with Crippen molar-refractivity contribution in [3.63, 3.8) is 0 Å². The minimum atomic E-state index is -3.28. The van der Waals surface area contributed by atoms with Crippen LogP contribution in [0, 0.1) is 5.92 Å². The zero-order chi connectivity index (χ0) is 39.4. The van der Waals surface area contributed by atoms with Crippen molar-refractivity contribution in [1.29, 1.82) is 0 Å². The minimum Gasteiger partial charge on any atom is -0.457 e. The molecule has 4 aromatic rings. The summed E-state index contributed by atoms with van der Waals surface area (Å²) in [5, 5.41) is 4.91. The van der Waals surface area contributed by atoms with Crippen LogP contribution in [0.4, 0.5) is 9.59 Å². The van der Waals surface area contributed by atoms with Gasteiger partial charge in [-0.2, -0.15) is 0 Å². The van der Waals surface area contributed by atoms with Gasteiger partial charge in [0.1, 0.15) is 24.7 Å². The number of ether oxygens (including phenoxy) is 4. The van der Waals surface area contributed by atoms with Crippen LogP contribution in [-0.2, 0) is 35.1 Å². The van der Waals surface area contributed by atoms with E-state index in [4.69, 9.17) is 14.2 Å². The number of nitrogens with one attached hydrogen (secondary N) is 1. The Bertz CT molecular complexity index is 1970. The van der Waals surface area contributed by atoms with Crippen molar-refractivity contribution in [3.8, 4) is 0 Å². The third-order valence-corrected chi connectivity index (χ3v) is 13.4. The molecule has 1 aliphatic rings. The van der Waals surface area contributed by atoms with Crippen molar-refractivity contribution in [2.45, 2.75) is 32.0 Å². The first-order valence-electron chi connectivity index (χ1n) is 17.6. The third-order valence-electron chi connectivity index (χ3n) is 9.16. The maximum Gasteiger partial charge on any atom is 0.508 e. The number of likely N-dealkylation sites (tertiary alicyclic amines) is 1. The molecule has 0 bridgehead atoms. The Morgan fingerprint density at radius 1 is 0.782 bits per heavy atom. The lowest BCUT2D eigenvalue weighted by atomic mass is 9.79. The fourth-order valence-electron chi connectivity index (χ4n) is 6.67. The molecule has 12 heteroatoms. The summed E-state index contributed by atoms with van der Waals surface area (Å²) in [6.07, 6.45) is -0.0494. The van der Waals surface area contributed by atoms with Gasteiger partial charge >= 0.3 is 18.2 Å². The number of nitrogens with zero attached hydrogens (tertiary/aromatic N) is 1. The lowest BCUT2D eigenvalue weighted by Gasteiger charge is -2.51. The summed E-state index contributed by atoms with van der Waals surface area (Å²) < 4.78 is 21.1. The van der Waals surface area contributed by atoms with Gasteiger partial charge in [-0.1, -0.05) is 141 Å². The molecule has 284 valence electrons. The molecule has 11 nitrogen and oxygen atoms in total. The molecule has 1 heterocycles. The highest BCUT2D eigenvalue weighted by molar-refractivity contribution is 7.96. The van der Waals surface area contributed by atoms with Crippen molar-refractivity contribution >= 4 is 58.1 Å². The van der Waals surface area contributed by atoms with Crippen LogP contribution in [0.25, 0.3) is 0 Å². The number of methoxy groups -OCH3 is 1. The van der Waals surface area contributed by atoms with Gasteiger partial charge in [0, 0.05) is 25.4 Å². The predicted molar refractivity (Wildman–Crippen MR) is 212 cm³/mol. The lowest BCUT2D eigenvalue weighted by molar-refractivity contribution is -0.158. The van der Waals surface area contributed by atoms with Gasteiger partial charge in [0.05, 0.1) is 19.1 Å². The van der Waals surface area contributed by atoms with Gasteiger partial charge in [-0.25, -0.2) is 14.4 Å². The number of carbonyl (C=O) groups is 5. The molecule has 1 saturated heterocycles. The second-order valence-electron chi connectivity index (χ2n) is 12.5. The number of rotatable bonds is 16. The zero-order valence-electron chi connectivity index (χ0n) is 30.7. The molecule has 0 radical (unpaired) electrons. The Morgan fingerprint density at radius 3 is 1.78 bits per heavy atom. The van der Waals surface area contributed by atoms with Crippen LogP contribution in [0.15, 0.2) is 141 Å². The van der Waals surface area contributed by atoms with E-state index >= 15 is 0 Å². The molecule has 4 aromatic carbocycles. The Balaban J connectivity index is 1.73. The SMILES string of the molecule is C=CCOC(=O)O[C@H](C)[C@H]1C(=O)N(C(C(=O)OCC=C)=P(c2ccccc2)(c2ccccc2)c2ccccc2)[C@@H]1CC(=O)c1ccc(CNC(=O)OC)cc1. The number of amides is 2. The molecule has 0 aromatic heterocycles. The molecule has 0 aliphatic carbocycles. The van der Waals surface area contributed by atoms with Crippen LogP contribution in [0.2, 0.25) is 0 Å². The molecule has 2 amide bonds. The first-order chi connectivity index (χ1) is 26.7. The first-order valence-corrected chi connectivity index (χ1v) is 19.4. The first kappa shape index (κ1) is 40.0. The standard InChI is InChI=1S/C43H43N2O9P/c1-5-26-52-41(48)40(55(33-16-10-7-11-17-33,34-18-12-8-13-19-34)35-20-14-9-15-21-35)45-36(38(39(45)47)30(3)54-43(50)53-27-6-2)28-37(46)32-24-22-31(23-25-32)29-44-42(49)51-4/h5-25,30,36,38H,1-2,26-29H2,3-4H3,(H,44,49)/t30-,36-,38-/m1/s1. The van der Waals surface area contributed by atoms with Gasteiger partial charge in [-0.3, -0.25) is 9.59 Å². The monoisotopic (exact) mass is 762 g/mol. The van der Waals surface area contributed by atoms with Gasteiger partial charge in [0.25, 0.3) is 0 Å². The van der Waals surface area contributed by atoms with E-state index in [9.17, 15) is 24.0 Å². The van der Waals surface area contributed by atoms with Gasteiger partial charge in [-0.15, -0.1) is 0 Å². The van der Waals surface area contributed by atoms with E-state index in [1.807, 2.05) is 91.0 Å². The summed E-state index contributed by atoms with van der Waals surface area (Å²) >= 11 is 0.